The molecule has 0 spiro atoms. The highest BCUT2D eigenvalue weighted by molar-refractivity contribution is 5.98. The number of hydrogen-bond donors (Lipinski definition) is 1. The fraction of sp³-hybridized carbons (Fsp3) is 0.462. The number of rotatable bonds is 2. The summed E-state index contributed by atoms with van der Waals surface area (Å²) < 4.78 is 13.5. The number of aryl methyl sites for hydroxylation is 1. The van der Waals surface area contributed by atoms with Crippen molar-refractivity contribution in [2.75, 3.05) is 0 Å². The van der Waals surface area contributed by atoms with Crippen LogP contribution in [0, 0.1) is 18.7 Å². The molecule has 2 unspecified atom stereocenters. The van der Waals surface area contributed by atoms with Crippen molar-refractivity contribution in [2.24, 2.45) is 11.7 Å². The number of Topliss-reactive ketones (excluding diaryl/α,β-unsaturated/α-hetero) is 1. The summed E-state index contributed by atoms with van der Waals surface area (Å²) in [6.07, 6.45) is 2.61. The fourth-order valence-electron chi connectivity index (χ4n) is 2.34. The summed E-state index contributed by atoms with van der Waals surface area (Å²) in [5, 5.41) is 0. The minimum absolute atomic E-state index is 0.104. The van der Waals surface area contributed by atoms with Crippen LogP contribution in [0.3, 0.4) is 0 Å². The highest BCUT2D eigenvalue weighted by atomic mass is 19.1. The molecule has 1 aliphatic rings. The second kappa shape index (κ2) is 4.34. The minimum Gasteiger partial charge on any atom is -0.327 e. The molecule has 0 heterocycles. The van der Waals surface area contributed by atoms with Gasteiger partial charge in [-0.05, 0) is 31.9 Å². The first-order valence-electron chi connectivity index (χ1n) is 5.65. The van der Waals surface area contributed by atoms with Crippen LogP contribution in [0.15, 0.2) is 18.2 Å². The van der Waals surface area contributed by atoms with Gasteiger partial charge in [0.1, 0.15) is 5.82 Å². The quantitative estimate of drug-likeness (QED) is 0.779. The molecular weight excluding hydrogens is 205 g/mol. The van der Waals surface area contributed by atoms with Crippen molar-refractivity contribution in [2.45, 2.75) is 32.2 Å². The van der Waals surface area contributed by atoms with E-state index >= 15 is 0 Å². The first kappa shape index (κ1) is 11.3. The summed E-state index contributed by atoms with van der Waals surface area (Å²) in [5.74, 6) is -0.766. The number of halogens is 1. The lowest BCUT2D eigenvalue weighted by molar-refractivity contribution is 0.0909. The highest BCUT2D eigenvalue weighted by Gasteiger charge is 2.32. The predicted molar refractivity (Wildman–Crippen MR) is 60.8 cm³/mol. The van der Waals surface area contributed by atoms with Gasteiger partial charge >= 0.3 is 0 Å². The van der Waals surface area contributed by atoms with Gasteiger partial charge in [0.05, 0.1) is 5.56 Å². The van der Waals surface area contributed by atoms with E-state index in [4.69, 9.17) is 5.73 Å². The minimum atomic E-state index is -0.435. The van der Waals surface area contributed by atoms with E-state index < -0.39 is 5.82 Å². The van der Waals surface area contributed by atoms with Crippen molar-refractivity contribution < 1.29 is 9.18 Å². The molecule has 0 bridgehead atoms. The normalized spacial score (nSPS) is 24.7. The topological polar surface area (TPSA) is 43.1 Å². The Morgan fingerprint density at radius 2 is 2.19 bits per heavy atom. The molecule has 1 aliphatic carbocycles. The number of nitrogens with two attached hydrogens (primary N) is 1. The average molecular weight is 221 g/mol. The van der Waals surface area contributed by atoms with Crippen molar-refractivity contribution in [3.05, 3.63) is 35.1 Å². The predicted octanol–water partition coefficient (Wildman–Crippen LogP) is 2.44. The van der Waals surface area contributed by atoms with Crippen LogP contribution in [-0.2, 0) is 0 Å². The standard InChI is InChI=1S/C13H16FNO/c1-8-5-6-11(14)10(7-8)13(16)9-3-2-4-12(9)15/h5-7,9,12H,2-4,15H2,1H3. The molecule has 0 aromatic heterocycles. The molecule has 2 nitrogen and oxygen atoms in total. The molecule has 0 amide bonds. The van der Waals surface area contributed by atoms with Crippen LogP contribution in [0.5, 0.6) is 0 Å². The summed E-state index contributed by atoms with van der Waals surface area (Å²) in [6.45, 7) is 1.85. The zero-order valence-electron chi connectivity index (χ0n) is 9.37. The van der Waals surface area contributed by atoms with Gasteiger partial charge in [-0.1, -0.05) is 18.1 Å². The maximum absolute atomic E-state index is 13.5. The molecule has 0 radical (unpaired) electrons. The van der Waals surface area contributed by atoms with Gasteiger partial charge in [0.2, 0.25) is 0 Å². The van der Waals surface area contributed by atoms with Crippen molar-refractivity contribution in [3.63, 3.8) is 0 Å². The Morgan fingerprint density at radius 1 is 1.44 bits per heavy atom. The zero-order valence-corrected chi connectivity index (χ0v) is 9.37. The van der Waals surface area contributed by atoms with E-state index in [-0.39, 0.29) is 23.3 Å². The van der Waals surface area contributed by atoms with Crippen molar-refractivity contribution >= 4 is 5.78 Å². The summed E-state index contributed by atoms with van der Waals surface area (Å²) in [5.41, 5.74) is 6.96. The fourth-order valence-corrected chi connectivity index (χ4v) is 2.34. The lowest BCUT2D eigenvalue weighted by Crippen LogP contribution is -2.31. The van der Waals surface area contributed by atoms with E-state index in [2.05, 4.69) is 0 Å². The monoisotopic (exact) mass is 221 g/mol. The SMILES string of the molecule is Cc1ccc(F)c(C(=O)C2CCCC2N)c1. The van der Waals surface area contributed by atoms with Gasteiger partial charge in [0.25, 0.3) is 0 Å². The molecule has 3 heteroatoms. The Balaban J connectivity index is 2.29. The summed E-state index contributed by atoms with van der Waals surface area (Å²) in [6, 6.07) is 4.53. The van der Waals surface area contributed by atoms with Crippen LogP contribution in [-0.4, -0.2) is 11.8 Å². The number of carbonyl (C=O) groups excluding carboxylic acids is 1. The van der Waals surface area contributed by atoms with E-state index in [9.17, 15) is 9.18 Å². The van der Waals surface area contributed by atoms with Gasteiger partial charge in [-0.2, -0.15) is 0 Å². The second-order valence-corrected chi connectivity index (χ2v) is 4.55. The molecule has 0 saturated heterocycles. The first-order valence-corrected chi connectivity index (χ1v) is 5.65. The Hall–Kier alpha value is -1.22. The molecule has 1 fully saturated rings. The van der Waals surface area contributed by atoms with E-state index in [0.717, 1.165) is 24.8 Å². The Kier molecular flexibility index (Phi) is 3.06. The van der Waals surface area contributed by atoms with E-state index in [0.29, 0.717) is 0 Å². The number of ketones is 1. The van der Waals surface area contributed by atoms with Gasteiger partial charge in [0.15, 0.2) is 5.78 Å². The molecule has 1 aromatic rings. The van der Waals surface area contributed by atoms with Crippen LogP contribution in [0.25, 0.3) is 0 Å². The summed E-state index contributed by atoms with van der Waals surface area (Å²) >= 11 is 0. The molecule has 16 heavy (non-hydrogen) atoms. The summed E-state index contributed by atoms with van der Waals surface area (Å²) in [4.78, 5) is 12.1. The van der Waals surface area contributed by atoms with Crippen LogP contribution >= 0.6 is 0 Å². The molecule has 0 aliphatic heterocycles. The second-order valence-electron chi connectivity index (χ2n) is 4.55. The first-order chi connectivity index (χ1) is 7.59. The van der Waals surface area contributed by atoms with Crippen LogP contribution in [0.1, 0.15) is 35.2 Å². The van der Waals surface area contributed by atoms with E-state index in [1.54, 1.807) is 12.1 Å². The average Bonchev–Trinajstić information content (AvgIpc) is 2.67. The van der Waals surface area contributed by atoms with E-state index in [1.807, 2.05) is 6.92 Å². The number of carbonyl (C=O) groups is 1. The molecule has 86 valence electrons. The van der Waals surface area contributed by atoms with Gasteiger partial charge in [-0.3, -0.25) is 4.79 Å². The Bertz CT molecular complexity index is 416. The zero-order chi connectivity index (χ0) is 11.7. The molecule has 2 N–H and O–H groups in total. The molecule has 1 saturated carbocycles. The van der Waals surface area contributed by atoms with Gasteiger partial charge in [0, 0.05) is 12.0 Å². The number of hydrogen-bond acceptors (Lipinski definition) is 2. The molecule has 1 aromatic carbocycles. The largest absolute Gasteiger partial charge is 0.327 e. The Labute approximate surface area is 94.6 Å². The maximum Gasteiger partial charge on any atom is 0.170 e. The van der Waals surface area contributed by atoms with Gasteiger partial charge in [-0.25, -0.2) is 4.39 Å². The van der Waals surface area contributed by atoms with Crippen molar-refractivity contribution in [1.29, 1.82) is 0 Å². The smallest absolute Gasteiger partial charge is 0.170 e. The number of benzene rings is 1. The van der Waals surface area contributed by atoms with Crippen LogP contribution in [0.2, 0.25) is 0 Å². The van der Waals surface area contributed by atoms with Gasteiger partial charge < -0.3 is 5.73 Å². The maximum atomic E-state index is 13.5. The van der Waals surface area contributed by atoms with Crippen LogP contribution in [0.4, 0.5) is 4.39 Å². The lowest BCUT2D eigenvalue weighted by Gasteiger charge is -2.14. The van der Waals surface area contributed by atoms with Gasteiger partial charge in [-0.15, -0.1) is 0 Å². The third-order valence-corrected chi connectivity index (χ3v) is 3.29. The summed E-state index contributed by atoms with van der Waals surface area (Å²) in [7, 11) is 0. The highest BCUT2D eigenvalue weighted by Crippen LogP contribution is 2.28. The van der Waals surface area contributed by atoms with E-state index in [1.165, 1.54) is 6.07 Å². The van der Waals surface area contributed by atoms with Crippen molar-refractivity contribution in [3.8, 4) is 0 Å². The lowest BCUT2D eigenvalue weighted by atomic mass is 9.92. The Morgan fingerprint density at radius 3 is 2.81 bits per heavy atom. The third kappa shape index (κ3) is 2.00. The molecule has 2 rings (SSSR count). The molecule has 2 atom stereocenters. The van der Waals surface area contributed by atoms with Crippen LogP contribution < -0.4 is 5.73 Å². The third-order valence-electron chi connectivity index (χ3n) is 3.29. The molecular formula is C13H16FNO. The van der Waals surface area contributed by atoms with Crippen molar-refractivity contribution in [1.82, 2.24) is 0 Å².